The Morgan fingerprint density at radius 3 is 2.88 bits per heavy atom. The maximum absolute atomic E-state index is 4.61. The molecule has 7 nitrogen and oxygen atoms in total. The molecule has 0 bridgehead atoms. The van der Waals surface area contributed by atoms with Crippen LogP contribution in [-0.2, 0) is 13.0 Å². The predicted octanol–water partition coefficient (Wildman–Crippen LogP) is 2.34. The Morgan fingerprint density at radius 1 is 1.19 bits per heavy atom. The van der Waals surface area contributed by atoms with E-state index in [1.54, 1.807) is 6.20 Å². The third kappa shape index (κ3) is 6.01. The van der Waals surface area contributed by atoms with E-state index in [-0.39, 0.29) is 24.0 Å². The summed E-state index contributed by atoms with van der Waals surface area (Å²) in [4.78, 5) is 9.23. The maximum atomic E-state index is 4.61. The molecule has 0 atom stereocenters. The number of guanidine groups is 1. The minimum atomic E-state index is 0. The van der Waals surface area contributed by atoms with Gasteiger partial charge in [-0.25, -0.2) is 4.98 Å². The highest BCUT2D eigenvalue weighted by atomic mass is 127. The van der Waals surface area contributed by atoms with Crippen molar-refractivity contribution in [3.05, 3.63) is 54.7 Å². The summed E-state index contributed by atoms with van der Waals surface area (Å²) < 4.78 is 3.98. The van der Waals surface area contributed by atoms with Crippen LogP contribution in [0.3, 0.4) is 0 Å². The molecule has 0 amide bonds. The molecule has 8 heteroatoms. The SMILES string of the molecule is CCNC(=NCCCn1cccn1)NCCc1cn2ccccc2n1.I. The zero-order valence-electron chi connectivity index (χ0n) is 15.0. The van der Waals surface area contributed by atoms with Crippen LogP contribution in [0.4, 0.5) is 0 Å². The summed E-state index contributed by atoms with van der Waals surface area (Å²) in [7, 11) is 0. The Labute approximate surface area is 170 Å². The maximum Gasteiger partial charge on any atom is 0.191 e. The second kappa shape index (κ2) is 10.8. The van der Waals surface area contributed by atoms with Gasteiger partial charge in [-0.15, -0.1) is 24.0 Å². The third-order valence-corrected chi connectivity index (χ3v) is 3.81. The molecule has 3 aromatic heterocycles. The number of halogens is 1. The highest BCUT2D eigenvalue weighted by Gasteiger charge is 2.02. The molecule has 0 spiro atoms. The molecule has 3 heterocycles. The molecule has 0 aliphatic rings. The fourth-order valence-electron chi connectivity index (χ4n) is 2.61. The number of pyridine rings is 1. The number of hydrogen-bond donors (Lipinski definition) is 2. The topological polar surface area (TPSA) is 71.5 Å². The first-order chi connectivity index (χ1) is 12.3. The van der Waals surface area contributed by atoms with E-state index in [9.17, 15) is 0 Å². The van der Waals surface area contributed by atoms with Gasteiger partial charge in [0.05, 0.1) is 5.69 Å². The van der Waals surface area contributed by atoms with Crippen molar-refractivity contribution in [2.75, 3.05) is 19.6 Å². The quantitative estimate of drug-likeness (QED) is 0.231. The Hall–Kier alpha value is -2.10. The van der Waals surface area contributed by atoms with E-state index in [4.69, 9.17) is 0 Å². The predicted molar refractivity (Wildman–Crippen MR) is 115 cm³/mol. The summed E-state index contributed by atoms with van der Waals surface area (Å²) in [5.74, 6) is 0.853. The lowest BCUT2D eigenvalue weighted by atomic mass is 10.3. The molecule has 2 N–H and O–H groups in total. The Morgan fingerprint density at radius 2 is 2.12 bits per heavy atom. The van der Waals surface area contributed by atoms with Crippen molar-refractivity contribution < 1.29 is 0 Å². The summed E-state index contributed by atoms with van der Waals surface area (Å²) in [5, 5.41) is 10.9. The van der Waals surface area contributed by atoms with Gasteiger partial charge in [-0.2, -0.15) is 5.10 Å². The van der Waals surface area contributed by atoms with E-state index in [1.165, 1.54) is 0 Å². The lowest BCUT2D eigenvalue weighted by Crippen LogP contribution is -2.38. The van der Waals surface area contributed by atoms with Gasteiger partial charge in [0.25, 0.3) is 0 Å². The number of aryl methyl sites for hydroxylation is 1. The molecular formula is C18H26IN7. The molecule has 0 aliphatic carbocycles. The molecule has 0 aromatic carbocycles. The lowest BCUT2D eigenvalue weighted by Gasteiger charge is -2.10. The van der Waals surface area contributed by atoms with Crippen molar-refractivity contribution in [1.29, 1.82) is 0 Å². The van der Waals surface area contributed by atoms with E-state index in [1.807, 2.05) is 45.7 Å². The van der Waals surface area contributed by atoms with Gasteiger partial charge in [0.15, 0.2) is 5.96 Å². The van der Waals surface area contributed by atoms with Crippen LogP contribution in [0, 0.1) is 0 Å². The van der Waals surface area contributed by atoms with Gasteiger partial charge in [-0.05, 0) is 31.5 Å². The number of aliphatic imine (C=N–C) groups is 1. The first-order valence-corrected chi connectivity index (χ1v) is 8.77. The highest BCUT2D eigenvalue weighted by molar-refractivity contribution is 14.0. The summed E-state index contributed by atoms with van der Waals surface area (Å²) in [5.41, 5.74) is 2.06. The Bertz CT molecular complexity index is 762. The van der Waals surface area contributed by atoms with Gasteiger partial charge < -0.3 is 15.0 Å². The first kappa shape index (κ1) is 20.2. The summed E-state index contributed by atoms with van der Waals surface area (Å²) in [6, 6.07) is 7.97. The smallest absolute Gasteiger partial charge is 0.191 e. The number of nitrogens with zero attached hydrogens (tertiary/aromatic N) is 5. The second-order valence-corrected chi connectivity index (χ2v) is 5.76. The molecule has 26 heavy (non-hydrogen) atoms. The number of imidazole rings is 1. The van der Waals surface area contributed by atoms with Gasteiger partial charge in [0.2, 0.25) is 0 Å². The molecule has 0 radical (unpaired) electrons. The average molecular weight is 467 g/mol. The summed E-state index contributed by atoms with van der Waals surface area (Å²) in [6.07, 6.45) is 9.69. The van der Waals surface area contributed by atoms with Crippen LogP contribution in [0.15, 0.2) is 54.0 Å². The number of rotatable bonds is 8. The average Bonchev–Trinajstić information content (AvgIpc) is 3.27. The minimum absolute atomic E-state index is 0. The van der Waals surface area contributed by atoms with Crippen molar-refractivity contribution in [1.82, 2.24) is 29.8 Å². The van der Waals surface area contributed by atoms with Crippen LogP contribution < -0.4 is 10.6 Å². The van der Waals surface area contributed by atoms with Crippen LogP contribution in [0.25, 0.3) is 5.65 Å². The van der Waals surface area contributed by atoms with Gasteiger partial charge in [-0.1, -0.05) is 6.07 Å². The highest BCUT2D eigenvalue weighted by Crippen LogP contribution is 2.04. The number of hydrogen-bond acceptors (Lipinski definition) is 3. The van der Waals surface area contributed by atoms with Crippen molar-refractivity contribution in [2.45, 2.75) is 26.3 Å². The van der Waals surface area contributed by atoms with Crippen molar-refractivity contribution in [2.24, 2.45) is 4.99 Å². The van der Waals surface area contributed by atoms with Crippen LogP contribution in [0.1, 0.15) is 19.0 Å². The van der Waals surface area contributed by atoms with Crippen molar-refractivity contribution >= 4 is 35.6 Å². The van der Waals surface area contributed by atoms with Crippen molar-refractivity contribution in [3.63, 3.8) is 0 Å². The fourth-order valence-corrected chi connectivity index (χ4v) is 2.61. The van der Waals surface area contributed by atoms with E-state index >= 15 is 0 Å². The zero-order valence-corrected chi connectivity index (χ0v) is 17.3. The molecule has 3 rings (SSSR count). The monoisotopic (exact) mass is 467 g/mol. The van der Waals surface area contributed by atoms with E-state index < -0.39 is 0 Å². The molecule has 3 aromatic rings. The number of aromatic nitrogens is 4. The van der Waals surface area contributed by atoms with E-state index in [2.05, 4.69) is 38.8 Å². The van der Waals surface area contributed by atoms with Crippen LogP contribution in [0.5, 0.6) is 0 Å². The molecule has 0 saturated heterocycles. The molecule has 140 valence electrons. The van der Waals surface area contributed by atoms with Crippen molar-refractivity contribution in [3.8, 4) is 0 Å². The van der Waals surface area contributed by atoms with E-state index in [0.29, 0.717) is 0 Å². The Balaban J connectivity index is 0.00000243. The third-order valence-electron chi connectivity index (χ3n) is 3.81. The number of fused-ring (bicyclic) bond motifs is 1. The van der Waals surface area contributed by atoms with Gasteiger partial charge in [0.1, 0.15) is 5.65 Å². The Kier molecular flexibility index (Phi) is 8.39. The first-order valence-electron chi connectivity index (χ1n) is 8.77. The molecular weight excluding hydrogens is 441 g/mol. The summed E-state index contributed by atoms with van der Waals surface area (Å²) >= 11 is 0. The lowest BCUT2D eigenvalue weighted by molar-refractivity contribution is 0.584. The molecule has 0 aliphatic heterocycles. The minimum Gasteiger partial charge on any atom is -0.357 e. The van der Waals surface area contributed by atoms with Crippen LogP contribution in [-0.4, -0.2) is 44.8 Å². The summed E-state index contributed by atoms with van der Waals surface area (Å²) in [6.45, 7) is 5.37. The second-order valence-electron chi connectivity index (χ2n) is 5.76. The zero-order chi connectivity index (χ0) is 17.3. The van der Waals surface area contributed by atoms with Gasteiger partial charge in [-0.3, -0.25) is 9.67 Å². The van der Waals surface area contributed by atoms with Gasteiger partial charge in [0, 0.05) is 57.4 Å². The van der Waals surface area contributed by atoms with E-state index in [0.717, 1.165) is 56.3 Å². The number of nitrogens with one attached hydrogen (secondary N) is 2. The molecule has 0 saturated carbocycles. The molecule has 0 unspecified atom stereocenters. The largest absolute Gasteiger partial charge is 0.357 e. The fraction of sp³-hybridized carbons (Fsp3) is 0.389. The molecule has 0 fully saturated rings. The van der Waals surface area contributed by atoms with Crippen LogP contribution >= 0.6 is 24.0 Å². The van der Waals surface area contributed by atoms with Gasteiger partial charge >= 0.3 is 0 Å². The standard InChI is InChI=1S/C18H25N7.HI/c1-2-19-18(20-9-5-13-25-14-6-10-22-25)21-11-8-16-15-24-12-4-3-7-17(24)23-16;/h3-4,6-7,10,12,14-15H,2,5,8-9,11,13H2,1H3,(H2,19,20,21);1H. The van der Waals surface area contributed by atoms with Crippen LogP contribution in [0.2, 0.25) is 0 Å². The normalized spacial score (nSPS) is 11.3.